The first-order valence-corrected chi connectivity index (χ1v) is 6.92. The van der Waals surface area contributed by atoms with Crippen LogP contribution in [0.25, 0.3) is 0 Å². The number of anilines is 1. The topological polar surface area (TPSA) is 55.1 Å². The van der Waals surface area contributed by atoms with Crippen molar-refractivity contribution in [3.05, 3.63) is 64.1 Å². The molecule has 0 saturated heterocycles. The van der Waals surface area contributed by atoms with E-state index in [9.17, 15) is 13.6 Å². The Bertz CT molecular complexity index is 675. The van der Waals surface area contributed by atoms with Crippen molar-refractivity contribution in [3.8, 4) is 0 Å². The summed E-state index contributed by atoms with van der Waals surface area (Å²) in [4.78, 5) is 12.2. The van der Waals surface area contributed by atoms with Gasteiger partial charge in [-0.2, -0.15) is 0 Å². The SMILES string of the molecule is CC(N)(C(=O)Nc1cc(F)c(Br)cc1F)c1ccccc1. The van der Waals surface area contributed by atoms with Gasteiger partial charge in [0.1, 0.15) is 17.2 Å². The molecule has 3 nitrogen and oxygen atoms in total. The average molecular weight is 355 g/mol. The summed E-state index contributed by atoms with van der Waals surface area (Å²) in [5.41, 5.74) is 4.96. The van der Waals surface area contributed by atoms with Gasteiger partial charge >= 0.3 is 0 Å². The number of hydrogen-bond acceptors (Lipinski definition) is 2. The van der Waals surface area contributed by atoms with Crippen LogP contribution in [-0.2, 0) is 10.3 Å². The smallest absolute Gasteiger partial charge is 0.248 e. The van der Waals surface area contributed by atoms with Gasteiger partial charge in [0.2, 0.25) is 5.91 Å². The fraction of sp³-hybridized carbons (Fsp3) is 0.133. The lowest BCUT2D eigenvalue weighted by Gasteiger charge is -2.24. The lowest BCUT2D eigenvalue weighted by atomic mass is 9.92. The van der Waals surface area contributed by atoms with Crippen molar-refractivity contribution in [2.24, 2.45) is 5.73 Å². The minimum absolute atomic E-state index is 0.0171. The van der Waals surface area contributed by atoms with Gasteiger partial charge in [0.25, 0.3) is 0 Å². The van der Waals surface area contributed by atoms with Crippen LogP contribution in [0.15, 0.2) is 46.9 Å². The summed E-state index contributed by atoms with van der Waals surface area (Å²) >= 11 is 2.87. The van der Waals surface area contributed by atoms with Gasteiger partial charge in [-0.1, -0.05) is 30.3 Å². The second-order valence-corrected chi connectivity index (χ2v) is 5.62. The Morgan fingerprint density at radius 2 is 1.81 bits per heavy atom. The highest BCUT2D eigenvalue weighted by molar-refractivity contribution is 9.10. The molecule has 0 radical (unpaired) electrons. The fourth-order valence-electron chi connectivity index (χ4n) is 1.79. The van der Waals surface area contributed by atoms with Crippen molar-refractivity contribution < 1.29 is 13.6 Å². The Hall–Kier alpha value is -1.79. The number of nitrogens with two attached hydrogens (primary N) is 1. The van der Waals surface area contributed by atoms with Gasteiger partial charge in [0.15, 0.2) is 0 Å². The van der Waals surface area contributed by atoms with Crippen LogP contribution in [0.1, 0.15) is 12.5 Å². The Kier molecular flexibility index (Phi) is 4.39. The second-order valence-electron chi connectivity index (χ2n) is 4.77. The number of benzene rings is 2. The number of rotatable bonds is 3. The molecule has 0 fully saturated rings. The summed E-state index contributed by atoms with van der Waals surface area (Å²) in [5.74, 6) is -2.06. The first kappa shape index (κ1) is 15.6. The van der Waals surface area contributed by atoms with Crippen LogP contribution in [0.5, 0.6) is 0 Å². The van der Waals surface area contributed by atoms with Crippen LogP contribution in [0.2, 0.25) is 0 Å². The minimum atomic E-state index is -1.36. The van der Waals surface area contributed by atoms with Crippen molar-refractivity contribution in [1.82, 2.24) is 0 Å². The number of amides is 1. The lowest BCUT2D eigenvalue weighted by Crippen LogP contribution is -2.45. The highest BCUT2D eigenvalue weighted by Gasteiger charge is 2.31. The molecular weight excluding hydrogens is 342 g/mol. The maximum atomic E-state index is 13.7. The van der Waals surface area contributed by atoms with E-state index in [-0.39, 0.29) is 10.2 Å². The molecule has 0 bridgehead atoms. The maximum Gasteiger partial charge on any atom is 0.248 e. The molecule has 6 heteroatoms. The summed E-state index contributed by atoms with van der Waals surface area (Å²) in [5, 5.41) is 2.32. The van der Waals surface area contributed by atoms with Crippen molar-refractivity contribution in [1.29, 1.82) is 0 Å². The molecule has 1 unspecified atom stereocenters. The maximum absolute atomic E-state index is 13.7. The Morgan fingerprint density at radius 3 is 2.43 bits per heavy atom. The van der Waals surface area contributed by atoms with Crippen LogP contribution < -0.4 is 11.1 Å². The third-order valence-electron chi connectivity index (χ3n) is 3.10. The van der Waals surface area contributed by atoms with Crippen LogP contribution in [0.3, 0.4) is 0 Å². The number of carbonyl (C=O) groups is 1. The molecule has 2 aromatic carbocycles. The minimum Gasteiger partial charge on any atom is -0.322 e. The molecule has 110 valence electrons. The molecule has 0 aliphatic rings. The van der Waals surface area contributed by atoms with E-state index in [1.54, 1.807) is 30.3 Å². The van der Waals surface area contributed by atoms with Gasteiger partial charge in [-0.25, -0.2) is 8.78 Å². The van der Waals surface area contributed by atoms with Crippen LogP contribution >= 0.6 is 15.9 Å². The van der Waals surface area contributed by atoms with E-state index in [2.05, 4.69) is 21.2 Å². The molecule has 0 aromatic heterocycles. The molecule has 1 atom stereocenters. The van der Waals surface area contributed by atoms with E-state index >= 15 is 0 Å². The third-order valence-corrected chi connectivity index (χ3v) is 3.71. The highest BCUT2D eigenvalue weighted by atomic mass is 79.9. The molecule has 0 aliphatic carbocycles. The molecule has 2 aromatic rings. The van der Waals surface area contributed by atoms with Gasteiger partial charge in [-0.15, -0.1) is 0 Å². The summed E-state index contributed by atoms with van der Waals surface area (Å²) in [7, 11) is 0. The first-order valence-electron chi connectivity index (χ1n) is 6.13. The third kappa shape index (κ3) is 3.28. The van der Waals surface area contributed by atoms with Gasteiger partial charge in [0.05, 0.1) is 10.2 Å². The zero-order chi connectivity index (χ0) is 15.6. The van der Waals surface area contributed by atoms with Crippen molar-refractivity contribution in [3.63, 3.8) is 0 Å². The summed E-state index contributed by atoms with van der Waals surface area (Å²) in [6.45, 7) is 1.50. The van der Waals surface area contributed by atoms with E-state index in [0.29, 0.717) is 5.56 Å². The van der Waals surface area contributed by atoms with E-state index in [4.69, 9.17) is 5.73 Å². The van der Waals surface area contributed by atoms with Crippen LogP contribution in [0.4, 0.5) is 14.5 Å². The summed E-state index contributed by atoms with van der Waals surface area (Å²) in [6, 6.07) is 10.5. The number of carbonyl (C=O) groups excluding carboxylic acids is 1. The zero-order valence-electron chi connectivity index (χ0n) is 11.2. The molecule has 0 aliphatic heterocycles. The van der Waals surface area contributed by atoms with Gasteiger partial charge in [-0.3, -0.25) is 4.79 Å². The number of hydrogen-bond donors (Lipinski definition) is 2. The first-order chi connectivity index (χ1) is 9.82. The molecule has 0 heterocycles. The van der Waals surface area contributed by atoms with E-state index in [1.165, 1.54) is 6.92 Å². The standard InChI is InChI=1S/C15H13BrF2N2O/c1-15(19,9-5-3-2-4-6-9)14(21)20-13-8-11(17)10(16)7-12(13)18/h2-8H,19H2,1H3,(H,20,21). The predicted molar refractivity (Wildman–Crippen MR) is 80.7 cm³/mol. The highest BCUT2D eigenvalue weighted by Crippen LogP contribution is 2.25. The Morgan fingerprint density at radius 1 is 1.19 bits per heavy atom. The van der Waals surface area contributed by atoms with Gasteiger partial charge in [-0.05, 0) is 34.5 Å². The zero-order valence-corrected chi connectivity index (χ0v) is 12.7. The molecule has 3 N–H and O–H groups in total. The largest absolute Gasteiger partial charge is 0.322 e. The fourth-order valence-corrected chi connectivity index (χ4v) is 2.10. The molecular formula is C15H13BrF2N2O. The second kappa shape index (κ2) is 5.91. The molecule has 0 saturated carbocycles. The molecule has 2 rings (SSSR count). The normalized spacial score (nSPS) is 13.6. The van der Waals surface area contributed by atoms with E-state index in [0.717, 1.165) is 12.1 Å². The van der Waals surface area contributed by atoms with Crippen molar-refractivity contribution in [2.45, 2.75) is 12.5 Å². The quantitative estimate of drug-likeness (QED) is 0.828. The van der Waals surface area contributed by atoms with Crippen molar-refractivity contribution in [2.75, 3.05) is 5.32 Å². The molecule has 0 spiro atoms. The number of halogens is 3. The average Bonchev–Trinajstić information content (AvgIpc) is 2.45. The summed E-state index contributed by atoms with van der Waals surface area (Å²) in [6.07, 6.45) is 0. The van der Waals surface area contributed by atoms with E-state index in [1.807, 2.05) is 0 Å². The molecule has 21 heavy (non-hydrogen) atoms. The van der Waals surface area contributed by atoms with E-state index < -0.39 is 23.1 Å². The Labute approximate surface area is 129 Å². The lowest BCUT2D eigenvalue weighted by molar-refractivity contribution is -0.120. The van der Waals surface area contributed by atoms with Crippen LogP contribution in [0, 0.1) is 11.6 Å². The van der Waals surface area contributed by atoms with Crippen molar-refractivity contribution >= 4 is 27.5 Å². The molecule has 1 amide bonds. The summed E-state index contributed by atoms with van der Waals surface area (Å²) < 4.78 is 27.1. The van der Waals surface area contributed by atoms with Gasteiger partial charge < -0.3 is 11.1 Å². The van der Waals surface area contributed by atoms with Crippen LogP contribution in [-0.4, -0.2) is 5.91 Å². The Balaban J connectivity index is 2.28. The monoisotopic (exact) mass is 354 g/mol. The predicted octanol–water partition coefficient (Wildman–Crippen LogP) is 3.54. The number of nitrogens with one attached hydrogen (secondary N) is 1. The van der Waals surface area contributed by atoms with Gasteiger partial charge in [0, 0.05) is 6.07 Å².